The summed E-state index contributed by atoms with van der Waals surface area (Å²) < 4.78 is 22.6. The van der Waals surface area contributed by atoms with E-state index in [1.807, 2.05) is 0 Å². The molecule has 0 atom stereocenters. The van der Waals surface area contributed by atoms with Gasteiger partial charge in [-0.1, -0.05) is 11.6 Å². The predicted octanol–water partition coefficient (Wildman–Crippen LogP) is 3.47. The Kier molecular flexibility index (Phi) is 4.06. The molecule has 0 spiro atoms. The maximum atomic E-state index is 13.0. The molecular formula is C13H11ClFNO3. The number of halogens is 2. The number of methoxy groups -OCH3 is 1. The second kappa shape index (κ2) is 5.75. The first-order valence-electron chi connectivity index (χ1n) is 5.45. The summed E-state index contributed by atoms with van der Waals surface area (Å²) in [6.45, 7) is 0.336. The van der Waals surface area contributed by atoms with E-state index in [1.165, 1.54) is 25.5 Å². The van der Waals surface area contributed by atoms with E-state index in [4.69, 9.17) is 16.0 Å². The highest BCUT2D eigenvalue weighted by Gasteiger charge is 2.15. The fourth-order valence-electron chi connectivity index (χ4n) is 1.55. The summed E-state index contributed by atoms with van der Waals surface area (Å²) in [4.78, 5) is 11.4. The fourth-order valence-corrected chi connectivity index (χ4v) is 1.73. The van der Waals surface area contributed by atoms with Crippen LogP contribution in [0.25, 0.3) is 0 Å². The van der Waals surface area contributed by atoms with Crippen LogP contribution in [-0.2, 0) is 11.3 Å². The van der Waals surface area contributed by atoms with Gasteiger partial charge in [0.15, 0.2) is 0 Å². The van der Waals surface area contributed by atoms with E-state index in [1.54, 1.807) is 12.1 Å². The molecule has 2 rings (SSSR count). The number of ether oxygens (including phenoxy) is 1. The summed E-state index contributed by atoms with van der Waals surface area (Å²) in [5.41, 5.74) is 1.29. The van der Waals surface area contributed by atoms with E-state index >= 15 is 0 Å². The third-order valence-electron chi connectivity index (χ3n) is 2.52. The van der Waals surface area contributed by atoms with Crippen LogP contribution in [0.4, 0.5) is 10.1 Å². The predicted molar refractivity (Wildman–Crippen MR) is 68.8 cm³/mol. The summed E-state index contributed by atoms with van der Waals surface area (Å²) in [5.74, 6) is -0.882. The number of benzene rings is 1. The molecule has 0 aliphatic rings. The first kappa shape index (κ1) is 13.4. The second-order valence-electron chi connectivity index (χ2n) is 3.75. The lowest BCUT2D eigenvalue weighted by Crippen LogP contribution is -2.06. The van der Waals surface area contributed by atoms with E-state index in [0.29, 0.717) is 17.8 Å². The Hall–Kier alpha value is -2.01. The molecule has 19 heavy (non-hydrogen) atoms. The van der Waals surface area contributed by atoms with Crippen molar-refractivity contribution in [1.82, 2.24) is 0 Å². The van der Waals surface area contributed by atoms with Crippen molar-refractivity contribution in [3.8, 4) is 0 Å². The molecule has 0 unspecified atom stereocenters. The van der Waals surface area contributed by atoms with Gasteiger partial charge in [-0.2, -0.15) is 0 Å². The van der Waals surface area contributed by atoms with Crippen LogP contribution in [0.2, 0.25) is 5.02 Å². The minimum Gasteiger partial charge on any atom is -0.463 e. The highest BCUT2D eigenvalue weighted by atomic mass is 35.5. The van der Waals surface area contributed by atoms with Gasteiger partial charge in [0.1, 0.15) is 5.82 Å². The Balaban J connectivity index is 2.08. The number of carbonyl (C=O) groups excluding carboxylic acids is 1. The Labute approximate surface area is 114 Å². The largest absolute Gasteiger partial charge is 0.463 e. The minimum absolute atomic E-state index is 0.0328. The van der Waals surface area contributed by atoms with Crippen LogP contribution in [0.15, 0.2) is 34.9 Å². The standard InChI is InChI=1S/C13H11ClFNO3/c1-18-13(17)12-8(4-5-19-12)7-16-9-2-3-11(15)10(14)6-9/h2-6,16H,7H2,1H3. The quantitative estimate of drug-likeness (QED) is 0.873. The van der Waals surface area contributed by atoms with Crippen LogP contribution in [0.5, 0.6) is 0 Å². The van der Waals surface area contributed by atoms with Crippen LogP contribution in [-0.4, -0.2) is 13.1 Å². The normalized spacial score (nSPS) is 10.3. The lowest BCUT2D eigenvalue weighted by molar-refractivity contribution is 0.0563. The number of carbonyl (C=O) groups is 1. The van der Waals surface area contributed by atoms with E-state index < -0.39 is 11.8 Å². The molecule has 100 valence electrons. The number of nitrogens with one attached hydrogen (secondary N) is 1. The Bertz CT molecular complexity index is 597. The van der Waals surface area contributed by atoms with Gasteiger partial charge in [-0.25, -0.2) is 9.18 Å². The number of hydrogen-bond acceptors (Lipinski definition) is 4. The Morgan fingerprint density at radius 3 is 2.95 bits per heavy atom. The minimum atomic E-state index is -0.543. The number of hydrogen-bond donors (Lipinski definition) is 1. The Morgan fingerprint density at radius 2 is 2.26 bits per heavy atom. The summed E-state index contributed by atoms with van der Waals surface area (Å²) in [6, 6.07) is 5.94. The molecule has 6 heteroatoms. The lowest BCUT2D eigenvalue weighted by atomic mass is 10.2. The fraction of sp³-hybridized carbons (Fsp3) is 0.154. The highest BCUT2D eigenvalue weighted by Crippen LogP contribution is 2.20. The third kappa shape index (κ3) is 3.06. The van der Waals surface area contributed by atoms with Gasteiger partial charge in [0.2, 0.25) is 5.76 Å². The van der Waals surface area contributed by atoms with Crippen molar-refractivity contribution in [2.45, 2.75) is 6.54 Å². The molecule has 1 aromatic carbocycles. The molecule has 0 amide bonds. The molecule has 0 radical (unpaired) electrons. The van der Waals surface area contributed by atoms with Gasteiger partial charge in [-0.05, 0) is 24.3 Å². The van der Waals surface area contributed by atoms with E-state index in [2.05, 4.69) is 10.1 Å². The molecular weight excluding hydrogens is 273 g/mol. The van der Waals surface area contributed by atoms with Crippen LogP contribution in [0, 0.1) is 5.82 Å². The van der Waals surface area contributed by atoms with Gasteiger partial charge in [-0.15, -0.1) is 0 Å². The smallest absolute Gasteiger partial charge is 0.374 e. The number of rotatable bonds is 4. The maximum absolute atomic E-state index is 13.0. The van der Waals surface area contributed by atoms with Crippen molar-refractivity contribution in [1.29, 1.82) is 0 Å². The molecule has 4 nitrogen and oxygen atoms in total. The monoisotopic (exact) mass is 283 g/mol. The summed E-state index contributed by atoms with van der Waals surface area (Å²) in [5, 5.41) is 3.05. The zero-order valence-electron chi connectivity index (χ0n) is 10.1. The summed E-state index contributed by atoms with van der Waals surface area (Å²) >= 11 is 5.67. The van der Waals surface area contributed by atoms with Gasteiger partial charge < -0.3 is 14.5 Å². The van der Waals surface area contributed by atoms with E-state index in [-0.39, 0.29) is 10.8 Å². The van der Waals surface area contributed by atoms with Crippen molar-refractivity contribution >= 4 is 23.3 Å². The molecule has 1 N–H and O–H groups in total. The molecule has 0 bridgehead atoms. The Morgan fingerprint density at radius 1 is 1.47 bits per heavy atom. The topological polar surface area (TPSA) is 51.5 Å². The van der Waals surface area contributed by atoms with Crippen LogP contribution in [0.1, 0.15) is 16.1 Å². The van der Waals surface area contributed by atoms with Crippen molar-refractivity contribution < 1.29 is 18.3 Å². The third-order valence-corrected chi connectivity index (χ3v) is 2.81. The molecule has 0 saturated heterocycles. The molecule has 1 heterocycles. The second-order valence-corrected chi connectivity index (χ2v) is 4.16. The SMILES string of the molecule is COC(=O)c1occc1CNc1ccc(F)c(Cl)c1. The maximum Gasteiger partial charge on any atom is 0.374 e. The summed E-state index contributed by atoms with van der Waals surface area (Å²) in [7, 11) is 1.28. The zero-order valence-corrected chi connectivity index (χ0v) is 10.8. The first-order chi connectivity index (χ1) is 9.11. The molecule has 0 saturated carbocycles. The van der Waals surface area contributed by atoms with E-state index in [9.17, 15) is 9.18 Å². The van der Waals surface area contributed by atoms with Gasteiger partial charge in [0.05, 0.1) is 18.4 Å². The highest BCUT2D eigenvalue weighted by molar-refractivity contribution is 6.31. The molecule has 0 aliphatic carbocycles. The van der Waals surface area contributed by atoms with Crippen molar-refractivity contribution in [3.63, 3.8) is 0 Å². The average molecular weight is 284 g/mol. The van der Waals surface area contributed by atoms with E-state index in [0.717, 1.165) is 0 Å². The number of furan rings is 1. The molecule has 0 fully saturated rings. The average Bonchev–Trinajstić information content (AvgIpc) is 2.87. The summed E-state index contributed by atoms with van der Waals surface area (Å²) in [6.07, 6.45) is 1.40. The first-order valence-corrected chi connectivity index (χ1v) is 5.83. The van der Waals surface area contributed by atoms with Gasteiger partial charge in [0, 0.05) is 17.8 Å². The van der Waals surface area contributed by atoms with Crippen molar-refractivity contribution in [3.05, 3.63) is 52.7 Å². The van der Waals surface area contributed by atoms with Gasteiger partial charge in [0.25, 0.3) is 0 Å². The van der Waals surface area contributed by atoms with Crippen molar-refractivity contribution in [2.24, 2.45) is 0 Å². The molecule has 0 aliphatic heterocycles. The van der Waals surface area contributed by atoms with Crippen LogP contribution < -0.4 is 5.32 Å². The van der Waals surface area contributed by atoms with Crippen LogP contribution >= 0.6 is 11.6 Å². The van der Waals surface area contributed by atoms with Gasteiger partial charge in [-0.3, -0.25) is 0 Å². The van der Waals surface area contributed by atoms with Crippen molar-refractivity contribution in [2.75, 3.05) is 12.4 Å². The molecule has 2 aromatic rings. The lowest BCUT2D eigenvalue weighted by Gasteiger charge is -2.06. The molecule has 1 aromatic heterocycles. The number of anilines is 1. The number of esters is 1. The van der Waals surface area contributed by atoms with Crippen LogP contribution in [0.3, 0.4) is 0 Å². The zero-order chi connectivity index (χ0) is 13.8. The van der Waals surface area contributed by atoms with Gasteiger partial charge >= 0.3 is 5.97 Å².